The quantitative estimate of drug-likeness (QED) is 0.794. The molecule has 1 fully saturated rings. The van der Waals surface area contributed by atoms with Crippen LogP contribution in [0.3, 0.4) is 0 Å². The van der Waals surface area contributed by atoms with E-state index in [1.54, 1.807) is 0 Å². The molecule has 0 aromatic carbocycles. The molecule has 0 saturated carbocycles. The fraction of sp³-hybridized carbons (Fsp3) is 0.800. The predicted molar refractivity (Wildman–Crippen MR) is 59.7 cm³/mol. The van der Waals surface area contributed by atoms with E-state index >= 15 is 0 Å². The number of hydrogen-bond donors (Lipinski definition) is 1. The third-order valence-electron chi connectivity index (χ3n) is 2.42. The molecule has 1 heterocycles. The molecule has 1 N–H and O–H groups in total. The number of carboxylic acids is 1. The van der Waals surface area contributed by atoms with Crippen molar-refractivity contribution in [3.8, 4) is 0 Å². The van der Waals surface area contributed by atoms with E-state index in [2.05, 4.69) is 13.8 Å². The van der Waals surface area contributed by atoms with Gasteiger partial charge in [0.2, 0.25) is 5.91 Å². The van der Waals surface area contributed by atoms with Crippen LogP contribution in [-0.4, -0.2) is 39.6 Å². The summed E-state index contributed by atoms with van der Waals surface area (Å²) in [6.07, 6.45) is 1.29. The van der Waals surface area contributed by atoms with Gasteiger partial charge in [0.05, 0.1) is 5.88 Å². The minimum atomic E-state index is -0.891. The summed E-state index contributed by atoms with van der Waals surface area (Å²) in [7, 11) is 0. The summed E-state index contributed by atoms with van der Waals surface area (Å²) >= 11 is 1.51. The van der Waals surface area contributed by atoms with Crippen molar-refractivity contribution in [1.82, 2.24) is 4.90 Å². The van der Waals surface area contributed by atoms with Crippen molar-refractivity contribution >= 4 is 23.6 Å². The van der Waals surface area contributed by atoms with E-state index in [0.717, 1.165) is 6.42 Å². The summed E-state index contributed by atoms with van der Waals surface area (Å²) < 4.78 is 0. The van der Waals surface area contributed by atoms with Crippen molar-refractivity contribution in [3.63, 3.8) is 0 Å². The Balaban J connectivity index is 2.47. The molecule has 0 spiro atoms. The summed E-state index contributed by atoms with van der Waals surface area (Å²) in [6.45, 7) is 4.11. The number of thioether (sulfide) groups is 1. The lowest BCUT2D eigenvalue weighted by molar-refractivity contribution is -0.147. The van der Waals surface area contributed by atoms with Crippen molar-refractivity contribution in [3.05, 3.63) is 0 Å². The number of hydrogen-bond acceptors (Lipinski definition) is 3. The van der Waals surface area contributed by atoms with Crippen LogP contribution in [0.1, 0.15) is 26.7 Å². The van der Waals surface area contributed by atoms with Crippen LogP contribution >= 0.6 is 11.8 Å². The molecule has 0 bridgehead atoms. The van der Waals surface area contributed by atoms with E-state index in [4.69, 9.17) is 5.11 Å². The largest absolute Gasteiger partial charge is 0.480 e. The Morgan fingerprint density at radius 3 is 2.73 bits per heavy atom. The first-order valence-corrected chi connectivity index (χ1v) is 6.28. The average molecular weight is 231 g/mol. The highest BCUT2D eigenvalue weighted by molar-refractivity contribution is 7.99. The van der Waals surface area contributed by atoms with Crippen molar-refractivity contribution < 1.29 is 14.7 Å². The van der Waals surface area contributed by atoms with Gasteiger partial charge in [0, 0.05) is 12.2 Å². The third-order valence-corrected chi connectivity index (χ3v) is 3.44. The Bertz CT molecular complexity index is 255. The van der Waals surface area contributed by atoms with E-state index in [1.807, 2.05) is 0 Å². The van der Waals surface area contributed by atoms with E-state index in [-0.39, 0.29) is 5.91 Å². The van der Waals surface area contributed by atoms with Gasteiger partial charge in [-0.25, -0.2) is 4.79 Å². The first kappa shape index (κ1) is 12.4. The number of rotatable bonds is 4. The Labute approximate surface area is 94.0 Å². The predicted octanol–water partition coefficient (Wildman–Crippen LogP) is 1.41. The highest BCUT2D eigenvalue weighted by atomic mass is 32.2. The van der Waals surface area contributed by atoms with Gasteiger partial charge in [0.15, 0.2) is 0 Å². The fourth-order valence-corrected chi connectivity index (χ4v) is 2.62. The van der Waals surface area contributed by atoms with E-state index in [1.165, 1.54) is 16.7 Å². The lowest BCUT2D eigenvalue weighted by Gasteiger charge is -2.20. The summed E-state index contributed by atoms with van der Waals surface area (Å²) in [5.41, 5.74) is 0. The zero-order valence-corrected chi connectivity index (χ0v) is 9.92. The third kappa shape index (κ3) is 3.41. The van der Waals surface area contributed by atoms with Crippen LogP contribution in [0.5, 0.6) is 0 Å². The lowest BCUT2D eigenvalue weighted by atomic mass is 10.1. The van der Waals surface area contributed by atoms with E-state index in [0.29, 0.717) is 24.0 Å². The van der Waals surface area contributed by atoms with Crippen LogP contribution in [0.4, 0.5) is 0 Å². The second kappa shape index (κ2) is 5.39. The topological polar surface area (TPSA) is 57.6 Å². The van der Waals surface area contributed by atoms with Crippen LogP contribution in [0.15, 0.2) is 0 Å². The lowest BCUT2D eigenvalue weighted by Crippen LogP contribution is -2.41. The molecule has 0 aromatic rings. The molecule has 0 radical (unpaired) electrons. The molecule has 1 rings (SSSR count). The Morgan fingerprint density at radius 1 is 1.53 bits per heavy atom. The maximum atomic E-state index is 11.7. The van der Waals surface area contributed by atoms with Gasteiger partial charge in [-0.05, 0) is 12.3 Å². The van der Waals surface area contributed by atoms with Gasteiger partial charge in [-0.1, -0.05) is 13.8 Å². The summed E-state index contributed by atoms with van der Waals surface area (Å²) in [5, 5.41) is 8.90. The van der Waals surface area contributed by atoms with Crippen molar-refractivity contribution in [1.29, 1.82) is 0 Å². The normalized spacial score (nSPS) is 21.0. The number of carbonyl (C=O) groups excluding carboxylic acids is 1. The molecule has 86 valence electrons. The summed E-state index contributed by atoms with van der Waals surface area (Å²) in [4.78, 5) is 24.0. The average Bonchev–Trinajstić information content (AvgIpc) is 2.62. The first-order chi connectivity index (χ1) is 7.02. The molecule has 1 aliphatic rings. The number of carbonyl (C=O) groups is 2. The standard InChI is InChI=1S/C10H17NO3S/c1-7(2)3-4-9(12)11-6-15-5-8(11)10(13)14/h7-8H,3-6H2,1-2H3,(H,13,14). The second-order valence-electron chi connectivity index (χ2n) is 4.15. The van der Waals surface area contributed by atoms with E-state index in [9.17, 15) is 9.59 Å². The minimum absolute atomic E-state index is 0.0268. The van der Waals surface area contributed by atoms with Crippen molar-refractivity contribution in [2.24, 2.45) is 5.92 Å². The SMILES string of the molecule is CC(C)CCC(=O)N1CSCC1C(=O)O. The molecule has 1 aliphatic heterocycles. The Hall–Kier alpha value is -0.710. The smallest absolute Gasteiger partial charge is 0.327 e. The van der Waals surface area contributed by atoms with Crippen LogP contribution in [0, 0.1) is 5.92 Å². The molecule has 1 unspecified atom stereocenters. The van der Waals surface area contributed by atoms with Gasteiger partial charge in [0.1, 0.15) is 6.04 Å². The highest BCUT2D eigenvalue weighted by Crippen LogP contribution is 2.22. The first-order valence-electron chi connectivity index (χ1n) is 5.12. The molecular weight excluding hydrogens is 214 g/mol. The molecular formula is C10H17NO3S. The fourth-order valence-electron chi connectivity index (χ4n) is 1.45. The van der Waals surface area contributed by atoms with Crippen LogP contribution in [-0.2, 0) is 9.59 Å². The van der Waals surface area contributed by atoms with Crippen LogP contribution in [0.2, 0.25) is 0 Å². The zero-order valence-electron chi connectivity index (χ0n) is 9.10. The number of carboxylic acid groups (broad SMARTS) is 1. The molecule has 0 aromatic heterocycles. The zero-order chi connectivity index (χ0) is 11.4. The molecule has 15 heavy (non-hydrogen) atoms. The molecule has 1 saturated heterocycles. The number of amides is 1. The highest BCUT2D eigenvalue weighted by Gasteiger charge is 2.33. The van der Waals surface area contributed by atoms with Gasteiger partial charge in [-0.15, -0.1) is 11.8 Å². The van der Waals surface area contributed by atoms with Gasteiger partial charge >= 0.3 is 5.97 Å². The maximum Gasteiger partial charge on any atom is 0.327 e. The Kier molecular flexibility index (Phi) is 4.45. The van der Waals surface area contributed by atoms with Crippen LogP contribution in [0.25, 0.3) is 0 Å². The molecule has 0 aliphatic carbocycles. The molecule has 5 heteroatoms. The molecule has 1 atom stereocenters. The molecule has 1 amide bonds. The maximum absolute atomic E-state index is 11.7. The van der Waals surface area contributed by atoms with Crippen LogP contribution < -0.4 is 0 Å². The monoisotopic (exact) mass is 231 g/mol. The van der Waals surface area contributed by atoms with Gasteiger partial charge in [-0.2, -0.15) is 0 Å². The van der Waals surface area contributed by atoms with Crippen molar-refractivity contribution in [2.45, 2.75) is 32.7 Å². The number of nitrogens with zero attached hydrogens (tertiary/aromatic N) is 1. The summed E-state index contributed by atoms with van der Waals surface area (Å²) in [5.74, 6) is 0.600. The van der Waals surface area contributed by atoms with Gasteiger partial charge < -0.3 is 10.0 Å². The summed E-state index contributed by atoms with van der Waals surface area (Å²) in [6, 6.07) is -0.616. The van der Waals surface area contributed by atoms with Gasteiger partial charge in [0.25, 0.3) is 0 Å². The molecule has 4 nitrogen and oxygen atoms in total. The van der Waals surface area contributed by atoms with E-state index < -0.39 is 12.0 Å². The second-order valence-corrected chi connectivity index (χ2v) is 5.15. The minimum Gasteiger partial charge on any atom is -0.480 e. The van der Waals surface area contributed by atoms with Gasteiger partial charge in [-0.3, -0.25) is 4.79 Å². The Morgan fingerprint density at radius 2 is 2.20 bits per heavy atom. The van der Waals surface area contributed by atoms with Crippen molar-refractivity contribution in [2.75, 3.05) is 11.6 Å². The number of aliphatic carboxylic acids is 1.